The number of sulfonamides is 1. The summed E-state index contributed by atoms with van der Waals surface area (Å²) in [5, 5.41) is 0. The quantitative estimate of drug-likeness (QED) is 0.919. The molecular weight excluding hydrogens is 305 g/mol. The number of nitrogens with one attached hydrogen (secondary N) is 1. The van der Waals surface area contributed by atoms with Gasteiger partial charge in [0, 0.05) is 6.04 Å². The third-order valence-corrected chi connectivity index (χ3v) is 4.87. The molecular formula is C16H18FNO3S. The Bertz CT molecular complexity index is 757. The molecule has 6 heteroatoms. The second kappa shape index (κ2) is 6.46. The van der Waals surface area contributed by atoms with Crippen molar-refractivity contribution in [1.82, 2.24) is 4.72 Å². The lowest BCUT2D eigenvalue weighted by Gasteiger charge is -2.16. The van der Waals surface area contributed by atoms with Crippen molar-refractivity contribution >= 4 is 10.0 Å². The first-order valence-electron chi connectivity index (χ1n) is 6.76. The van der Waals surface area contributed by atoms with Gasteiger partial charge in [0.1, 0.15) is 16.5 Å². The first-order chi connectivity index (χ1) is 10.3. The van der Waals surface area contributed by atoms with Crippen LogP contribution in [0.4, 0.5) is 4.39 Å². The Balaban J connectivity index is 2.31. The molecule has 4 nitrogen and oxygen atoms in total. The molecule has 2 rings (SSSR count). The number of hydrogen-bond acceptors (Lipinski definition) is 3. The zero-order valence-electron chi connectivity index (χ0n) is 12.6. The van der Waals surface area contributed by atoms with Crippen LogP contribution in [0, 0.1) is 12.7 Å². The van der Waals surface area contributed by atoms with Crippen molar-refractivity contribution in [3.63, 3.8) is 0 Å². The normalized spacial score (nSPS) is 12.9. The van der Waals surface area contributed by atoms with Gasteiger partial charge in [-0.25, -0.2) is 17.5 Å². The van der Waals surface area contributed by atoms with Crippen LogP contribution < -0.4 is 9.46 Å². The molecule has 0 spiro atoms. The van der Waals surface area contributed by atoms with E-state index in [1.165, 1.54) is 19.2 Å². The molecule has 2 aromatic rings. The highest BCUT2D eigenvalue weighted by Crippen LogP contribution is 2.26. The molecule has 0 fully saturated rings. The standard InChI is InChI=1S/C16H18FNO3S/c1-11-4-9-15(21-3)16(10-11)22(19,20)18-12(2)13-5-7-14(17)8-6-13/h4-10,12,18H,1-3H3/t12-/m1/s1. The van der Waals surface area contributed by atoms with Crippen LogP contribution in [0.3, 0.4) is 0 Å². The van der Waals surface area contributed by atoms with E-state index in [-0.39, 0.29) is 16.5 Å². The van der Waals surface area contributed by atoms with Crippen molar-refractivity contribution in [3.8, 4) is 5.75 Å². The first kappa shape index (κ1) is 16.5. The number of hydrogen-bond donors (Lipinski definition) is 1. The van der Waals surface area contributed by atoms with E-state index < -0.39 is 16.1 Å². The van der Waals surface area contributed by atoms with Gasteiger partial charge in [-0.2, -0.15) is 0 Å². The number of ether oxygens (including phenoxy) is 1. The molecule has 0 aliphatic carbocycles. The van der Waals surface area contributed by atoms with Gasteiger partial charge in [0.15, 0.2) is 0 Å². The van der Waals surface area contributed by atoms with Gasteiger partial charge in [-0.15, -0.1) is 0 Å². The second-order valence-corrected chi connectivity index (χ2v) is 6.73. The van der Waals surface area contributed by atoms with Gasteiger partial charge in [-0.3, -0.25) is 0 Å². The van der Waals surface area contributed by atoms with Gasteiger partial charge >= 0.3 is 0 Å². The second-order valence-electron chi connectivity index (χ2n) is 5.05. The van der Waals surface area contributed by atoms with E-state index in [0.29, 0.717) is 5.56 Å². The molecule has 118 valence electrons. The lowest BCUT2D eigenvalue weighted by atomic mass is 10.1. The smallest absolute Gasteiger partial charge is 0.244 e. The van der Waals surface area contributed by atoms with Gasteiger partial charge < -0.3 is 4.74 Å². The fraction of sp³-hybridized carbons (Fsp3) is 0.250. The van der Waals surface area contributed by atoms with Gasteiger partial charge in [-0.05, 0) is 49.2 Å². The fourth-order valence-electron chi connectivity index (χ4n) is 2.11. The van der Waals surface area contributed by atoms with E-state index in [0.717, 1.165) is 5.56 Å². The summed E-state index contributed by atoms with van der Waals surface area (Å²) in [4.78, 5) is 0.0870. The van der Waals surface area contributed by atoms with Crippen molar-refractivity contribution in [3.05, 3.63) is 59.4 Å². The number of halogens is 1. The Labute approximate surface area is 130 Å². The molecule has 0 aliphatic rings. The van der Waals surface area contributed by atoms with E-state index in [2.05, 4.69) is 4.72 Å². The van der Waals surface area contributed by atoms with E-state index in [9.17, 15) is 12.8 Å². The predicted octanol–water partition coefficient (Wildman–Crippen LogP) is 3.18. The summed E-state index contributed by atoms with van der Waals surface area (Å²) in [6.07, 6.45) is 0. The summed E-state index contributed by atoms with van der Waals surface area (Å²) in [6.45, 7) is 3.51. The molecule has 0 amide bonds. The number of benzene rings is 2. The highest BCUT2D eigenvalue weighted by molar-refractivity contribution is 7.89. The molecule has 0 bridgehead atoms. The monoisotopic (exact) mass is 323 g/mol. The van der Waals surface area contributed by atoms with Crippen LogP contribution in [0.25, 0.3) is 0 Å². The molecule has 0 saturated carbocycles. The SMILES string of the molecule is COc1ccc(C)cc1S(=O)(=O)N[C@H](C)c1ccc(F)cc1. The van der Waals surface area contributed by atoms with E-state index in [4.69, 9.17) is 4.74 Å². The maximum Gasteiger partial charge on any atom is 0.244 e. The van der Waals surface area contributed by atoms with Crippen LogP contribution in [0.1, 0.15) is 24.1 Å². The number of methoxy groups -OCH3 is 1. The predicted molar refractivity (Wildman–Crippen MR) is 82.9 cm³/mol. The maximum absolute atomic E-state index is 12.9. The van der Waals surface area contributed by atoms with Crippen LogP contribution in [0.15, 0.2) is 47.4 Å². The molecule has 0 aromatic heterocycles. The first-order valence-corrected chi connectivity index (χ1v) is 8.24. The van der Waals surface area contributed by atoms with Gasteiger partial charge in [0.05, 0.1) is 7.11 Å². The minimum absolute atomic E-state index is 0.0870. The van der Waals surface area contributed by atoms with E-state index >= 15 is 0 Å². The lowest BCUT2D eigenvalue weighted by Crippen LogP contribution is -2.27. The molecule has 2 aromatic carbocycles. The van der Waals surface area contributed by atoms with Crippen LogP contribution in [-0.4, -0.2) is 15.5 Å². The summed E-state index contributed by atoms with van der Waals surface area (Å²) in [5.74, 6) is -0.0800. The Morgan fingerprint density at radius 2 is 1.77 bits per heavy atom. The molecule has 0 saturated heterocycles. The Morgan fingerprint density at radius 3 is 2.36 bits per heavy atom. The number of aryl methyl sites for hydroxylation is 1. The maximum atomic E-state index is 12.9. The molecule has 1 N–H and O–H groups in total. The summed E-state index contributed by atoms with van der Waals surface area (Å²) in [6, 6.07) is 10.2. The lowest BCUT2D eigenvalue weighted by molar-refractivity contribution is 0.402. The minimum Gasteiger partial charge on any atom is -0.495 e. The highest BCUT2D eigenvalue weighted by atomic mass is 32.2. The molecule has 1 atom stereocenters. The highest BCUT2D eigenvalue weighted by Gasteiger charge is 2.22. The van der Waals surface area contributed by atoms with Crippen LogP contribution in [0.5, 0.6) is 5.75 Å². The van der Waals surface area contributed by atoms with Crippen molar-refractivity contribution in [2.24, 2.45) is 0 Å². The van der Waals surface area contributed by atoms with Crippen molar-refractivity contribution in [1.29, 1.82) is 0 Å². The van der Waals surface area contributed by atoms with Crippen molar-refractivity contribution < 1.29 is 17.5 Å². The average molecular weight is 323 g/mol. The summed E-state index contributed by atoms with van der Waals surface area (Å²) >= 11 is 0. The van der Waals surface area contributed by atoms with Gasteiger partial charge in [-0.1, -0.05) is 18.2 Å². The summed E-state index contributed by atoms with van der Waals surface area (Å²) in [7, 11) is -2.33. The van der Waals surface area contributed by atoms with Crippen molar-refractivity contribution in [2.75, 3.05) is 7.11 Å². The fourth-order valence-corrected chi connectivity index (χ4v) is 3.60. The van der Waals surface area contributed by atoms with Gasteiger partial charge in [0.25, 0.3) is 0 Å². The Hall–Kier alpha value is -1.92. The largest absolute Gasteiger partial charge is 0.495 e. The van der Waals surface area contributed by atoms with Crippen LogP contribution in [0.2, 0.25) is 0 Å². The van der Waals surface area contributed by atoms with Crippen LogP contribution >= 0.6 is 0 Å². The molecule has 22 heavy (non-hydrogen) atoms. The molecule has 0 radical (unpaired) electrons. The summed E-state index contributed by atoms with van der Waals surface area (Å²) in [5.41, 5.74) is 1.49. The van der Waals surface area contributed by atoms with Crippen molar-refractivity contribution in [2.45, 2.75) is 24.8 Å². The van der Waals surface area contributed by atoms with Gasteiger partial charge in [0.2, 0.25) is 10.0 Å². The third-order valence-electron chi connectivity index (χ3n) is 3.31. The van der Waals surface area contributed by atoms with E-state index in [1.807, 2.05) is 6.92 Å². The van der Waals surface area contributed by atoms with Crippen LogP contribution in [-0.2, 0) is 10.0 Å². The molecule has 0 unspecified atom stereocenters. The zero-order chi connectivity index (χ0) is 16.3. The Kier molecular flexibility index (Phi) is 4.83. The zero-order valence-corrected chi connectivity index (χ0v) is 13.4. The molecule has 0 aliphatic heterocycles. The Morgan fingerprint density at radius 1 is 1.14 bits per heavy atom. The third kappa shape index (κ3) is 3.64. The van der Waals surface area contributed by atoms with E-state index in [1.54, 1.807) is 37.3 Å². The topological polar surface area (TPSA) is 55.4 Å². The summed E-state index contributed by atoms with van der Waals surface area (Å²) < 4.78 is 45.7. The molecule has 0 heterocycles. The average Bonchev–Trinajstić information content (AvgIpc) is 2.47. The minimum atomic E-state index is -3.75. The number of rotatable bonds is 5.